The Bertz CT molecular complexity index is 1040. The van der Waals surface area contributed by atoms with Crippen molar-refractivity contribution in [3.05, 3.63) is 53.0 Å². The van der Waals surface area contributed by atoms with Crippen molar-refractivity contribution in [3.63, 3.8) is 0 Å². The highest BCUT2D eigenvalue weighted by molar-refractivity contribution is 7.98. The predicted octanol–water partition coefficient (Wildman–Crippen LogP) is 3.32. The molecular formula is C24H27N3O4S. The molecule has 168 valence electrons. The lowest BCUT2D eigenvalue weighted by molar-refractivity contribution is -0.136. The van der Waals surface area contributed by atoms with Crippen LogP contribution in [0.25, 0.3) is 0 Å². The molecule has 0 spiro atoms. The first-order valence-corrected chi connectivity index (χ1v) is 12.3. The molecule has 3 aliphatic rings. The molecule has 4 heterocycles. The number of fused-ring (bicyclic) bond motifs is 1. The first kappa shape index (κ1) is 21.3. The van der Waals surface area contributed by atoms with Gasteiger partial charge in [-0.15, -0.1) is 11.8 Å². The molecule has 32 heavy (non-hydrogen) atoms. The fourth-order valence-corrected chi connectivity index (χ4v) is 5.74. The van der Waals surface area contributed by atoms with Crippen LogP contribution in [-0.2, 0) is 28.4 Å². The van der Waals surface area contributed by atoms with Crippen molar-refractivity contribution < 1.29 is 18.8 Å². The number of benzene rings is 1. The number of hydrogen-bond donors (Lipinski definition) is 1. The Morgan fingerprint density at radius 1 is 1.03 bits per heavy atom. The summed E-state index contributed by atoms with van der Waals surface area (Å²) in [5.74, 6) is 1.81. The normalized spacial score (nSPS) is 21.7. The van der Waals surface area contributed by atoms with Crippen LogP contribution in [0.15, 0.2) is 39.6 Å². The van der Waals surface area contributed by atoms with Crippen molar-refractivity contribution in [2.45, 2.75) is 61.9 Å². The van der Waals surface area contributed by atoms with Gasteiger partial charge in [0.1, 0.15) is 17.6 Å². The Morgan fingerprint density at radius 3 is 2.66 bits per heavy atom. The van der Waals surface area contributed by atoms with E-state index in [0.717, 1.165) is 41.6 Å². The van der Waals surface area contributed by atoms with Crippen LogP contribution in [0.5, 0.6) is 0 Å². The molecule has 0 saturated carbocycles. The zero-order chi connectivity index (χ0) is 22.1. The van der Waals surface area contributed by atoms with E-state index in [1.54, 1.807) is 16.7 Å². The number of hydrogen-bond acceptors (Lipinski definition) is 6. The van der Waals surface area contributed by atoms with Gasteiger partial charge in [-0.1, -0.05) is 12.5 Å². The fraction of sp³-hybridized carbons (Fsp3) is 0.458. The van der Waals surface area contributed by atoms with Crippen molar-refractivity contribution in [3.8, 4) is 0 Å². The van der Waals surface area contributed by atoms with Crippen LogP contribution in [0.4, 0.5) is 0 Å². The topological polar surface area (TPSA) is 82.9 Å². The first-order chi connectivity index (χ1) is 15.6. The molecule has 0 aliphatic carbocycles. The molecule has 2 fully saturated rings. The Labute approximate surface area is 191 Å². The number of furan rings is 1. The molecule has 1 atom stereocenters. The fourth-order valence-electron chi connectivity index (χ4n) is 4.76. The maximum absolute atomic E-state index is 13.0. The second kappa shape index (κ2) is 9.11. The van der Waals surface area contributed by atoms with Gasteiger partial charge in [0.2, 0.25) is 11.8 Å². The molecule has 1 N–H and O–H groups in total. The average molecular weight is 454 g/mol. The van der Waals surface area contributed by atoms with Gasteiger partial charge in [0.15, 0.2) is 0 Å². The van der Waals surface area contributed by atoms with Crippen LogP contribution in [0.1, 0.15) is 59.5 Å². The van der Waals surface area contributed by atoms with Gasteiger partial charge in [0.05, 0.1) is 12.3 Å². The van der Waals surface area contributed by atoms with E-state index in [-0.39, 0.29) is 24.1 Å². The molecule has 1 aromatic heterocycles. The Kier molecular flexibility index (Phi) is 6.06. The van der Waals surface area contributed by atoms with Crippen LogP contribution in [0.3, 0.4) is 0 Å². The lowest BCUT2D eigenvalue weighted by Crippen LogP contribution is -2.52. The van der Waals surface area contributed by atoms with Gasteiger partial charge in [-0.2, -0.15) is 0 Å². The van der Waals surface area contributed by atoms with Gasteiger partial charge < -0.3 is 9.32 Å². The molecule has 3 amide bonds. The Morgan fingerprint density at radius 2 is 1.84 bits per heavy atom. The number of thioether (sulfide) groups is 1. The number of piperidine rings is 2. The van der Waals surface area contributed by atoms with E-state index < -0.39 is 6.04 Å². The van der Waals surface area contributed by atoms with Crippen LogP contribution >= 0.6 is 11.8 Å². The predicted molar refractivity (Wildman–Crippen MR) is 120 cm³/mol. The molecule has 1 aromatic carbocycles. The third kappa shape index (κ3) is 4.34. The number of amides is 3. The molecule has 2 saturated heterocycles. The highest BCUT2D eigenvalue weighted by Gasteiger charge is 2.39. The van der Waals surface area contributed by atoms with Crippen molar-refractivity contribution in [2.75, 3.05) is 13.1 Å². The van der Waals surface area contributed by atoms with Gasteiger partial charge in [-0.25, -0.2) is 0 Å². The van der Waals surface area contributed by atoms with E-state index in [9.17, 15) is 14.4 Å². The van der Waals surface area contributed by atoms with Gasteiger partial charge >= 0.3 is 0 Å². The summed E-state index contributed by atoms with van der Waals surface area (Å²) < 4.78 is 6.06. The average Bonchev–Trinajstić information content (AvgIpc) is 3.38. The molecule has 2 aromatic rings. The maximum atomic E-state index is 13.0. The van der Waals surface area contributed by atoms with E-state index in [1.807, 2.05) is 24.3 Å². The van der Waals surface area contributed by atoms with Gasteiger partial charge in [0.25, 0.3) is 5.91 Å². The van der Waals surface area contributed by atoms with Gasteiger partial charge in [-0.05, 0) is 62.2 Å². The van der Waals surface area contributed by atoms with Crippen molar-refractivity contribution in [1.29, 1.82) is 0 Å². The lowest BCUT2D eigenvalue weighted by atomic mass is 10.0. The monoisotopic (exact) mass is 453 g/mol. The molecule has 0 radical (unpaired) electrons. The zero-order valence-electron chi connectivity index (χ0n) is 18.0. The summed E-state index contributed by atoms with van der Waals surface area (Å²) in [4.78, 5) is 41.8. The summed E-state index contributed by atoms with van der Waals surface area (Å²) in [5, 5.41) is 2.35. The van der Waals surface area contributed by atoms with E-state index in [0.29, 0.717) is 24.3 Å². The summed E-state index contributed by atoms with van der Waals surface area (Å²) >= 11 is 1.65. The third-order valence-corrected chi connectivity index (χ3v) is 7.58. The number of imide groups is 1. The van der Waals surface area contributed by atoms with Crippen molar-refractivity contribution in [2.24, 2.45) is 0 Å². The highest BCUT2D eigenvalue weighted by atomic mass is 32.2. The summed E-state index contributed by atoms with van der Waals surface area (Å²) in [6, 6.07) is 9.23. The SMILES string of the molecule is O=C1CCC(N2Cc3c(SCc4ccc(CN5CCCCC5)o4)cccc3C2=O)C(=O)N1. The number of carbonyl (C=O) groups is 3. The van der Waals surface area contributed by atoms with Crippen LogP contribution < -0.4 is 5.32 Å². The lowest BCUT2D eigenvalue weighted by Gasteiger charge is -2.29. The number of nitrogens with one attached hydrogen (secondary N) is 1. The number of likely N-dealkylation sites (tertiary alicyclic amines) is 1. The number of nitrogens with zero attached hydrogens (tertiary/aromatic N) is 2. The maximum Gasteiger partial charge on any atom is 0.255 e. The van der Waals surface area contributed by atoms with Crippen molar-refractivity contribution >= 4 is 29.5 Å². The minimum absolute atomic E-state index is 0.140. The van der Waals surface area contributed by atoms with E-state index in [1.165, 1.54) is 19.3 Å². The Balaban J connectivity index is 1.24. The van der Waals surface area contributed by atoms with E-state index in [2.05, 4.69) is 16.3 Å². The Hall–Kier alpha value is -2.58. The summed E-state index contributed by atoms with van der Waals surface area (Å²) in [6.45, 7) is 3.53. The van der Waals surface area contributed by atoms with E-state index in [4.69, 9.17) is 4.42 Å². The smallest absolute Gasteiger partial charge is 0.255 e. The minimum Gasteiger partial charge on any atom is -0.464 e. The highest BCUT2D eigenvalue weighted by Crippen LogP contribution is 2.35. The molecule has 0 bridgehead atoms. The van der Waals surface area contributed by atoms with Gasteiger partial charge in [0, 0.05) is 23.4 Å². The zero-order valence-corrected chi connectivity index (χ0v) is 18.8. The largest absolute Gasteiger partial charge is 0.464 e. The summed E-state index contributed by atoms with van der Waals surface area (Å²) in [6.07, 6.45) is 4.48. The number of carbonyl (C=O) groups excluding carboxylic acids is 3. The second-order valence-corrected chi connectivity index (χ2v) is 9.69. The van der Waals surface area contributed by atoms with Crippen LogP contribution in [0, 0.1) is 0 Å². The third-order valence-electron chi connectivity index (χ3n) is 6.45. The quantitative estimate of drug-likeness (QED) is 0.534. The molecule has 5 rings (SSSR count). The first-order valence-electron chi connectivity index (χ1n) is 11.3. The van der Waals surface area contributed by atoms with E-state index >= 15 is 0 Å². The second-order valence-electron chi connectivity index (χ2n) is 8.68. The molecule has 8 heteroatoms. The van der Waals surface area contributed by atoms with Crippen molar-refractivity contribution in [1.82, 2.24) is 15.1 Å². The molecule has 3 aliphatic heterocycles. The van der Waals surface area contributed by atoms with Crippen LogP contribution in [-0.4, -0.2) is 46.7 Å². The molecule has 7 nitrogen and oxygen atoms in total. The van der Waals surface area contributed by atoms with Gasteiger partial charge in [-0.3, -0.25) is 24.6 Å². The molecular weight excluding hydrogens is 426 g/mol. The summed E-state index contributed by atoms with van der Waals surface area (Å²) in [5.41, 5.74) is 1.59. The minimum atomic E-state index is -0.590. The standard InChI is InChI=1S/C24H27N3O4S/c28-22-10-9-20(23(29)25-22)27-14-19-18(24(27)30)5-4-6-21(19)32-15-17-8-7-16(31-17)13-26-11-2-1-3-12-26/h4-8,20H,1-3,9-15H2,(H,25,28,29). The van der Waals surface area contributed by atoms with Crippen LogP contribution in [0.2, 0.25) is 0 Å². The molecule has 1 unspecified atom stereocenters. The summed E-state index contributed by atoms with van der Waals surface area (Å²) in [7, 11) is 0. The number of rotatable bonds is 6.